The van der Waals surface area contributed by atoms with E-state index in [4.69, 9.17) is 5.73 Å². The Morgan fingerprint density at radius 3 is 3.00 bits per heavy atom. The van der Waals surface area contributed by atoms with Crippen LogP contribution in [0.4, 0.5) is 0 Å². The van der Waals surface area contributed by atoms with E-state index in [1.807, 2.05) is 12.2 Å². The lowest BCUT2D eigenvalue weighted by Crippen LogP contribution is -2.04. The Hall–Kier alpha value is -1.18. The van der Waals surface area contributed by atoms with Crippen molar-refractivity contribution in [1.29, 1.82) is 0 Å². The van der Waals surface area contributed by atoms with Gasteiger partial charge in [-0.3, -0.25) is 0 Å². The summed E-state index contributed by atoms with van der Waals surface area (Å²) in [5.74, 6) is 0. The fourth-order valence-electron chi connectivity index (χ4n) is 1.07. The van der Waals surface area contributed by atoms with E-state index in [0.29, 0.717) is 0 Å². The second-order valence-corrected chi connectivity index (χ2v) is 2.18. The molecule has 1 aliphatic rings. The van der Waals surface area contributed by atoms with E-state index >= 15 is 0 Å². The average Bonchev–Trinajstić information content (AvgIpc) is 2.36. The Kier molecular flexibility index (Phi) is 2.15. The molecule has 0 aromatic rings. The maximum atomic E-state index is 5.25. The Morgan fingerprint density at radius 1 is 1.60 bits per heavy atom. The van der Waals surface area contributed by atoms with Crippen molar-refractivity contribution in [3.63, 3.8) is 0 Å². The summed E-state index contributed by atoms with van der Waals surface area (Å²) in [7, 11) is 0. The number of allylic oxidation sites excluding steroid dienone is 2. The van der Waals surface area contributed by atoms with Gasteiger partial charge < -0.3 is 11.1 Å². The van der Waals surface area contributed by atoms with Gasteiger partial charge in [-0.05, 0) is 30.3 Å². The van der Waals surface area contributed by atoms with Gasteiger partial charge >= 0.3 is 0 Å². The lowest BCUT2D eigenvalue weighted by molar-refractivity contribution is 0.889. The number of nitrogens with two attached hydrogens (primary N) is 1. The van der Waals surface area contributed by atoms with Crippen molar-refractivity contribution in [2.24, 2.45) is 5.73 Å². The number of rotatable bonds is 2. The van der Waals surface area contributed by atoms with Crippen LogP contribution in [-0.2, 0) is 0 Å². The lowest BCUT2D eigenvalue weighted by atomic mass is 10.2. The van der Waals surface area contributed by atoms with Gasteiger partial charge in [0.1, 0.15) is 0 Å². The summed E-state index contributed by atoms with van der Waals surface area (Å²) in [4.78, 5) is 0. The van der Waals surface area contributed by atoms with Gasteiger partial charge in [0.2, 0.25) is 0 Å². The van der Waals surface area contributed by atoms with Crippen LogP contribution in [0.5, 0.6) is 0 Å². The normalized spacial score (nSPS) is 18.0. The zero-order chi connectivity index (χ0) is 7.40. The summed E-state index contributed by atoms with van der Waals surface area (Å²) >= 11 is 0. The summed E-state index contributed by atoms with van der Waals surface area (Å²) in [6.07, 6.45) is 6.35. The summed E-state index contributed by atoms with van der Waals surface area (Å²) < 4.78 is 0. The highest BCUT2D eigenvalue weighted by molar-refractivity contribution is 5.34. The molecule has 0 aliphatic carbocycles. The third kappa shape index (κ3) is 1.21. The minimum Gasteiger partial charge on any atom is -0.405 e. The number of hydrogen-bond donors (Lipinski definition) is 2. The first-order chi connectivity index (χ1) is 4.88. The molecular weight excluding hydrogens is 124 g/mol. The molecule has 0 atom stereocenters. The summed E-state index contributed by atoms with van der Waals surface area (Å²) in [5, 5.41) is 3.20. The molecule has 0 unspecified atom stereocenters. The first-order valence-electron chi connectivity index (χ1n) is 3.36. The molecule has 10 heavy (non-hydrogen) atoms. The van der Waals surface area contributed by atoms with Crippen LogP contribution in [-0.4, -0.2) is 6.54 Å². The molecule has 2 nitrogen and oxygen atoms in total. The monoisotopic (exact) mass is 136 g/mol. The van der Waals surface area contributed by atoms with Gasteiger partial charge in [-0.25, -0.2) is 0 Å². The molecule has 0 radical (unpaired) electrons. The van der Waals surface area contributed by atoms with Crippen molar-refractivity contribution in [2.45, 2.75) is 6.42 Å². The molecule has 1 heterocycles. The summed E-state index contributed by atoms with van der Waals surface area (Å²) in [6, 6.07) is 0. The molecule has 2 heteroatoms. The third-order valence-electron chi connectivity index (χ3n) is 1.56. The Morgan fingerprint density at radius 2 is 2.40 bits per heavy atom. The van der Waals surface area contributed by atoms with Crippen LogP contribution in [0.15, 0.2) is 36.2 Å². The summed E-state index contributed by atoms with van der Waals surface area (Å²) in [6.45, 7) is 4.68. The Bertz CT molecular complexity index is 189. The zero-order valence-corrected chi connectivity index (χ0v) is 5.93. The van der Waals surface area contributed by atoms with Crippen LogP contribution < -0.4 is 11.1 Å². The largest absolute Gasteiger partial charge is 0.405 e. The molecule has 0 saturated carbocycles. The average molecular weight is 136 g/mol. The van der Waals surface area contributed by atoms with Crippen molar-refractivity contribution in [3.05, 3.63) is 36.2 Å². The van der Waals surface area contributed by atoms with Crippen LogP contribution in [0.3, 0.4) is 0 Å². The molecule has 54 valence electrons. The molecule has 0 bridgehead atoms. The van der Waals surface area contributed by atoms with Gasteiger partial charge in [0.15, 0.2) is 0 Å². The van der Waals surface area contributed by atoms with E-state index < -0.39 is 0 Å². The molecule has 0 aromatic heterocycles. The second kappa shape index (κ2) is 3.11. The fourth-order valence-corrected chi connectivity index (χ4v) is 1.07. The van der Waals surface area contributed by atoms with Crippen LogP contribution >= 0.6 is 0 Å². The van der Waals surface area contributed by atoms with Crippen molar-refractivity contribution < 1.29 is 0 Å². The van der Waals surface area contributed by atoms with Crippen molar-refractivity contribution in [3.8, 4) is 0 Å². The van der Waals surface area contributed by atoms with Crippen molar-refractivity contribution in [2.75, 3.05) is 6.54 Å². The predicted octanol–water partition coefficient (Wildman–Crippen LogP) is 0.892. The molecule has 0 aromatic carbocycles. The van der Waals surface area contributed by atoms with Crippen LogP contribution in [0.2, 0.25) is 0 Å². The van der Waals surface area contributed by atoms with Gasteiger partial charge in [-0.2, -0.15) is 0 Å². The number of nitrogens with one attached hydrogen (secondary N) is 1. The number of hydrogen-bond acceptors (Lipinski definition) is 2. The SMILES string of the molecule is C=CC1=C(/C=C/N)CCN1. The Labute approximate surface area is 61.1 Å². The Balaban J connectivity index is 2.77. The van der Waals surface area contributed by atoms with E-state index in [0.717, 1.165) is 18.7 Å². The molecule has 0 amide bonds. The minimum absolute atomic E-state index is 1.00. The highest BCUT2D eigenvalue weighted by atomic mass is 14.9. The highest BCUT2D eigenvalue weighted by Gasteiger charge is 2.06. The fraction of sp³-hybridized carbons (Fsp3) is 0.250. The molecule has 0 saturated heterocycles. The molecule has 0 spiro atoms. The third-order valence-corrected chi connectivity index (χ3v) is 1.56. The van der Waals surface area contributed by atoms with E-state index in [2.05, 4.69) is 11.9 Å². The summed E-state index contributed by atoms with van der Waals surface area (Å²) in [5.41, 5.74) is 7.61. The smallest absolute Gasteiger partial charge is 0.0368 e. The van der Waals surface area contributed by atoms with E-state index in [-0.39, 0.29) is 0 Å². The van der Waals surface area contributed by atoms with Crippen LogP contribution in [0.1, 0.15) is 6.42 Å². The quantitative estimate of drug-likeness (QED) is 0.591. The maximum absolute atomic E-state index is 5.25. The molecule has 3 N–H and O–H groups in total. The van der Waals surface area contributed by atoms with Gasteiger partial charge in [0, 0.05) is 12.2 Å². The first-order valence-corrected chi connectivity index (χ1v) is 3.36. The van der Waals surface area contributed by atoms with E-state index in [9.17, 15) is 0 Å². The molecule has 0 fully saturated rings. The zero-order valence-electron chi connectivity index (χ0n) is 5.93. The molecule has 1 aliphatic heterocycles. The predicted molar refractivity (Wildman–Crippen MR) is 43.2 cm³/mol. The van der Waals surface area contributed by atoms with Gasteiger partial charge in [0.05, 0.1) is 0 Å². The van der Waals surface area contributed by atoms with E-state index in [1.54, 1.807) is 6.20 Å². The van der Waals surface area contributed by atoms with Crippen molar-refractivity contribution >= 4 is 0 Å². The van der Waals surface area contributed by atoms with Crippen LogP contribution in [0.25, 0.3) is 0 Å². The highest BCUT2D eigenvalue weighted by Crippen LogP contribution is 2.14. The minimum atomic E-state index is 1.00. The van der Waals surface area contributed by atoms with E-state index in [1.165, 1.54) is 5.57 Å². The second-order valence-electron chi connectivity index (χ2n) is 2.18. The molecular formula is C8H12N2. The molecule has 1 rings (SSSR count). The van der Waals surface area contributed by atoms with Gasteiger partial charge in [-0.15, -0.1) is 0 Å². The van der Waals surface area contributed by atoms with Crippen LogP contribution in [0, 0.1) is 0 Å². The lowest BCUT2D eigenvalue weighted by Gasteiger charge is -1.94. The maximum Gasteiger partial charge on any atom is 0.0368 e. The standard InChI is InChI=1S/C8H12N2/c1-2-8-7(3-5-9)4-6-10-8/h2-3,5,10H,1,4,6,9H2/b5-3+. The van der Waals surface area contributed by atoms with Gasteiger partial charge in [-0.1, -0.05) is 6.58 Å². The first kappa shape index (κ1) is 6.93. The van der Waals surface area contributed by atoms with Gasteiger partial charge in [0.25, 0.3) is 0 Å². The topological polar surface area (TPSA) is 38.0 Å². The van der Waals surface area contributed by atoms with Crippen molar-refractivity contribution in [1.82, 2.24) is 5.32 Å².